The lowest BCUT2D eigenvalue weighted by atomic mass is 9.82. The number of ether oxygens (including phenoxy) is 3. The molecule has 54 heavy (non-hydrogen) atoms. The molecule has 0 bridgehead atoms. The molecule has 0 saturated carbocycles. The van der Waals surface area contributed by atoms with Crippen LogP contribution in [0.15, 0.2) is 48.7 Å². The van der Waals surface area contributed by atoms with E-state index in [1.54, 1.807) is 71.3 Å². The van der Waals surface area contributed by atoms with Crippen LogP contribution in [0.4, 0.5) is 21.2 Å². The van der Waals surface area contributed by atoms with E-state index in [0.29, 0.717) is 47.7 Å². The Hall–Kier alpha value is -5.00. The highest BCUT2D eigenvalue weighted by Gasteiger charge is 2.67. The normalized spacial score (nSPS) is 26.2. The van der Waals surface area contributed by atoms with E-state index in [9.17, 15) is 24.3 Å². The average Bonchev–Trinajstić information content (AvgIpc) is 3.73. The molecular formula is C37H43FN6O9Si. The molecule has 3 amide bonds. The van der Waals surface area contributed by atoms with Gasteiger partial charge in [0.2, 0.25) is 20.2 Å². The van der Waals surface area contributed by atoms with Crippen LogP contribution in [-0.2, 0) is 63.3 Å². The van der Waals surface area contributed by atoms with Gasteiger partial charge in [0, 0.05) is 68.0 Å². The predicted octanol–water partition coefficient (Wildman–Crippen LogP) is 3.48. The number of fused-ring (bicyclic) bond motifs is 2. The summed E-state index contributed by atoms with van der Waals surface area (Å²) in [6.45, 7) is 8.02. The van der Waals surface area contributed by atoms with Crippen LogP contribution in [0.1, 0.15) is 56.9 Å². The Morgan fingerprint density at radius 1 is 0.981 bits per heavy atom. The SMILES string of the molecule is CC(=O)OC1CC(=O)N1c1ccc(CN2C(=O)[C@]3(O[C@H](CCn4cc(CCO)nn4)[C@@H]([Si](C)(C)F)[C@@H]3C)c3cc(N4C(=O)CC4OC(C)=O)ccc32)cc1. The Balaban J connectivity index is 1.24. The molecular weight excluding hydrogens is 720 g/mol. The summed E-state index contributed by atoms with van der Waals surface area (Å²) < 4.78 is 35.6. The van der Waals surface area contributed by atoms with E-state index in [2.05, 4.69) is 10.3 Å². The molecule has 1 spiro atoms. The van der Waals surface area contributed by atoms with Crippen LogP contribution in [0.2, 0.25) is 18.6 Å². The van der Waals surface area contributed by atoms with Crippen molar-refractivity contribution in [2.24, 2.45) is 5.92 Å². The van der Waals surface area contributed by atoms with Crippen molar-refractivity contribution in [3.05, 3.63) is 65.5 Å². The topological polar surface area (TPSA) is 174 Å². The Labute approximate surface area is 312 Å². The molecule has 3 aromatic rings. The standard InChI is InChI=1S/C37H43FN6O9Si/c1-21-35(54(4,5)38)30(12-14-41-20-25(13-15-45)39-40-41)53-37(21)28-16-27(44-32(49)18-34(44)52-23(3)47)10-11-29(28)42(36(37)50)19-24-6-8-26(9-7-24)43-31(48)17-33(43)51-22(2)46/h6-11,16,20-21,30,33-35,45H,12-15,17-19H2,1-5H3/t21-,30+,33?,34?,35-,37+/m0/s1. The average molecular weight is 763 g/mol. The Kier molecular flexibility index (Phi) is 9.68. The summed E-state index contributed by atoms with van der Waals surface area (Å²) in [6.07, 6.45) is 0.380. The molecule has 17 heteroatoms. The number of amides is 3. The summed E-state index contributed by atoms with van der Waals surface area (Å²) in [5.74, 6) is -2.45. The van der Waals surface area contributed by atoms with Gasteiger partial charge in [-0.1, -0.05) is 24.3 Å². The van der Waals surface area contributed by atoms with Gasteiger partial charge in [0.15, 0.2) is 18.1 Å². The van der Waals surface area contributed by atoms with E-state index in [-0.39, 0.29) is 43.7 Å². The largest absolute Gasteiger partial charge is 0.441 e. The monoisotopic (exact) mass is 762 g/mol. The van der Waals surface area contributed by atoms with Crippen LogP contribution in [-0.4, -0.2) is 83.3 Å². The second kappa shape index (κ2) is 14.0. The number of benzene rings is 2. The lowest BCUT2D eigenvalue weighted by Gasteiger charge is -2.39. The minimum absolute atomic E-state index is 0.0223. The molecule has 2 unspecified atom stereocenters. The quantitative estimate of drug-likeness (QED) is 0.124. The number of aromatic nitrogens is 3. The molecule has 0 radical (unpaired) electrons. The third kappa shape index (κ3) is 6.47. The molecule has 286 valence electrons. The van der Waals surface area contributed by atoms with Gasteiger partial charge in [-0.05, 0) is 55.4 Å². The molecule has 3 saturated heterocycles. The third-order valence-electron chi connectivity index (χ3n) is 10.8. The number of carbonyl (C=O) groups excluding carboxylic acids is 5. The fraction of sp³-hybridized carbons (Fsp3) is 0.486. The highest BCUT2D eigenvalue weighted by atomic mass is 28.4. The first-order valence-electron chi connectivity index (χ1n) is 18.0. The van der Waals surface area contributed by atoms with E-state index in [4.69, 9.17) is 14.2 Å². The maximum Gasteiger partial charge on any atom is 0.304 e. The van der Waals surface area contributed by atoms with Gasteiger partial charge >= 0.3 is 11.9 Å². The predicted molar refractivity (Wildman–Crippen MR) is 193 cm³/mol. The Bertz CT molecular complexity index is 2000. The molecule has 7 rings (SSSR count). The van der Waals surface area contributed by atoms with Crippen LogP contribution in [0.25, 0.3) is 0 Å². The van der Waals surface area contributed by atoms with Gasteiger partial charge in [-0.3, -0.25) is 38.5 Å². The van der Waals surface area contributed by atoms with Crippen LogP contribution < -0.4 is 14.7 Å². The third-order valence-corrected chi connectivity index (χ3v) is 13.2. The summed E-state index contributed by atoms with van der Waals surface area (Å²) in [6, 6.07) is 12.2. The molecule has 0 aliphatic carbocycles. The number of hydrogen-bond acceptors (Lipinski definition) is 11. The van der Waals surface area contributed by atoms with Crippen molar-refractivity contribution in [1.82, 2.24) is 15.0 Å². The van der Waals surface area contributed by atoms with Crippen molar-refractivity contribution >= 4 is 55.1 Å². The van der Waals surface area contributed by atoms with Gasteiger partial charge in [0.1, 0.15) is 0 Å². The maximum atomic E-state index is 16.5. The van der Waals surface area contributed by atoms with Crippen molar-refractivity contribution in [2.75, 3.05) is 21.3 Å². The van der Waals surface area contributed by atoms with Crippen LogP contribution in [0, 0.1) is 5.92 Å². The number of rotatable bonds is 12. The lowest BCUT2D eigenvalue weighted by molar-refractivity contribution is -0.155. The zero-order valence-electron chi connectivity index (χ0n) is 30.7. The van der Waals surface area contributed by atoms with Crippen molar-refractivity contribution in [2.45, 2.75) is 102 Å². The summed E-state index contributed by atoms with van der Waals surface area (Å²) in [4.78, 5) is 68.0. The molecule has 1 aromatic heterocycles. The fourth-order valence-corrected chi connectivity index (χ4v) is 11.0. The van der Waals surface area contributed by atoms with Crippen LogP contribution >= 0.6 is 0 Å². The number of nitrogens with zero attached hydrogens (tertiary/aromatic N) is 6. The number of aliphatic hydroxyl groups is 1. The van der Waals surface area contributed by atoms with E-state index in [1.807, 2.05) is 6.92 Å². The smallest absolute Gasteiger partial charge is 0.304 e. The molecule has 4 aliphatic rings. The molecule has 15 nitrogen and oxygen atoms in total. The van der Waals surface area contributed by atoms with Gasteiger partial charge in [-0.15, -0.1) is 5.10 Å². The molecule has 6 atom stereocenters. The number of esters is 2. The first-order valence-corrected chi connectivity index (χ1v) is 21.0. The van der Waals surface area contributed by atoms with Crippen LogP contribution in [0.3, 0.4) is 0 Å². The van der Waals surface area contributed by atoms with E-state index in [1.165, 1.54) is 23.6 Å². The van der Waals surface area contributed by atoms with Crippen molar-refractivity contribution < 1.29 is 47.4 Å². The summed E-state index contributed by atoms with van der Waals surface area (Å²) in [5, 5.41) is 17.6. The highest BCUT2D eigenvalue weighted by molar-refractivity contribution is 6.72. The second-order valence-electron chi connectivity index (χ2n) is 14.8. The van der Waals surface area contributed by atoms with Gasteiger partial charge in [0.05, 0.1) is 36.9 Å². The molecule has 4 aliphatic heterocycles. The van der Waals surface area contributed by atoms with Crippen molar-refractivity contribution in [3.63, 3.8) is 0 Å². The number of anilines is 3. The lowest BCUT2D eigenvalue weighted by Crippen LogP contribution is -2.55. The van der Waals surface area contributed by atoms with Crippen molar-refractivity contribution in [1.29, 1.82) is 0 Å². The first-order chi connectivity index (χ1) is 25.6. The number of hydrogen-bond donors (Lipinski definition) is 1. The van der Waals surface area contributed by atoms with E-state index in [0.717, 1.165) is 5.56 Å². The van der Waals surface area contributed by atoms with Gasteiger partial charge in [-0.2, -0.15) is 0 Å². The minimum Gasteiger partial charge on any atom is -0.441 e. The number of β-lactam (4-membered cyclic amide) rings is 2. The Morgan fingerprint density at radius 2 is 1.59 bits per heavy atom. The molecule has 2 aromatic carbocycles. The number of halogens is 1. The Morgan fingerprint density at radius 3 is 2.17 bits per heavy atom. The van der Waals surface area contributed by atoms with E-state index >= 15 is 8.90 Å². The zero-order valence-corrected chi connectivity index (χ0v) is 31.7. The summed E-state index contributed by atoms with van der Waals surface area (Å²) in [7, 11) is -3.50. The zero-order chi connectivity index (χ0) is 38.7. The fourth-order valence-electron chi connectivity index (χ4n) is 8.46. The van der Waals surface area contributed by atoms with Crippen LogP contribution in [0.5, 0.6) is 0 Å². The first kappa shape index (κ1) is 37.3. The molecule has 3 fully saturated rings. The maximum absolute atomic E-state index is 16.5. The number of aryl methyl sites for hydroxylation is 1. The summed E-state index contributed by atoms with van der Waals surface area (Å²) in [5.41, 5.74) is 1.13. The summed E-state index contributed by atoms with van der Waals surface area (Å²) >= 11 is 0. The van der Waals surface area contributed by atoms with Gasteiger partial charge in [0.25, 0.3) is 5.91 Å². The second-order valence-corrected chi connectivity index (χ2v) is 18.6. The highest BCUT2D eigenvalue weighted by Crippen LogP contribution is 2.61. The van der Waals surface area contributed by atoms with Gasteiger partial charge < -0.3 is 28.3 Å². The van der Waals surface area contributed by atoms with Gasteiger partial charge in [-0.25, -0.2) is 0 Å². The molecule has 5 heterocycles. The minimum atomic E-state index is -3.50. The van der Waals surface area contributed by atoms with Crippen molar-refractivity contribution in [3.8, 4) is 0 Å². The number of carbonyl (C=O) groups is 5. The van der Waals surface area contributed by atoms with E-state index < -0.39 is 56.0 Å². The molecule has 1 N–H and O–H groups in total. The number of aliphatic hydroxyl groups excluding tert-OH is 1.